The molecular formula is C13H18O2S. The zero-order valence-corrected chi connectivity index (χ0v) is 11.0. The first-order valence-electron chi connectivity index (χ1n) is 5.34. The number of thioether (sulfide) groups is 1. The molecule has 0 amide bonds. The van der Waals surface area contributed by atoms with E-state index in [9.17, 15) is 4.79 Å². The van der Waals surface area contributed by atoms with E-state index in [1.165, 1.54) is 0 Å². The molecule has 0 saturated heterocycles. The maximum absolute atomic E-state index is 11.1. The molecule has 0 aliphatic heterocycles. The van der Waals surface area contributed by atoms with E-state index in [0.717, 1.165) is 10.5 Å². The summed E-state index contributed by atoms with van der Waals surface area (Å²) in [5, 5.41) is 9.66. The number of rotatable bonds is 4. The lowest BCUT2D eigenvalue weighted by molar-refractivity contribution is -0.142. The minimum absolute atomic E-state index is 0.503. The predicted molar refractivity (Wildman–Crippen MR) is 68.1 cm³/mol. The summed E-state index contributed by atoms with van der Waals surface area (Å²) in [6.45, 7) is 7.71. The van der Waals surface area contributed by atoms with Crippen LogP contribution >= 0.6 is 11.8 Å². The van der Waals surface area contributed by atoms with Crippen molar-refractivity contribution in [3.63, 3.8) is 0 Å². The van der Waals surface area contributed by atoms with Crippen LogP contribution in [0.3, 0.4) is 0 Å². The zero-order chi connectivity index (χ0) is 12.3. The van der Waals surface area contributed by atoms with Crippen molar-refractivity contribution < 1.29 is 9.90 Å². The molecule has 0 bridgehead atoms. The fourth-order valence-electron chi connectivity index (χ4n) is 1.35. The van der Waals surface area contributed by atoms with E-state index < -0.39 is 11.4 Å². The highest BCUT2D eigenvalue weighted by molar-refractivity contribution is 7.99. The van der Waals surface area contributed by atoms with Crippen LogP contribution in [0.1, 0.15) is 33.3 Å². The predicted octanol–water partition coefficient (Wildman–Crippen LogP) is 3.55. The Bertz CT molecular complexity index is 383. The molecule has 0 aromatic heterocycles. The van der Waals surface area contributed by atoms with Crippen molar-refractivity contribution in [3.8, 4) is 0 Å². The van der Waals surface area contributed by atoms with E-state index in [0.29, 0.717) is 5.25 Å². The monoisotopic (exact) mass is 238 g/mol. The van der Waals surface area contributed by atoms with Crippen molar-refractivity contribution in [3.05, 3.63) is 29.8 Å². The smallest absolute Gasteiger partial charge is 0.313 e. The molecule has 0 spiro atoms. The van der Waals surface area contributed by atoms with Gasteiger partial charge in [0.25, 0.3) is 0 Å². The van der Waals surface area contributed by atoms with Crippen molar-refractivity contribution in [2.24, 2.45) is 0 Å². The molecule has 0 unspecified atom stereocenters. The Balaban J connectivity index is 3.03. The van der Waals surface area contributed by atoms with Gasteiger partial charge in [-0.05, 0) is 31.5 Å². The Morgan fingerprint density at radius 3 is 2.50 bits per heavy atom. The maximum atomic E-state index is 11.1. The molecule has 1 aromatic rings. The highest BCUT2D eigenvalue weighted by atomic mass is 32.2. The molecule has 0 heterocycles. The summed E-state index contributed by atoms with van der Waals surface area (Å²) in [6.07, 6.45) is 0. The average molecular weight is 238 g/mol. The van der Waals surface area contributed by atoms with Crippen LogP contribution in [0.15, 0.2) is 29.2 Å². The van der Waals surface area contributed by atoms with Crippen LogP contribution in [-0.4, -0.2) is 16.3 Å². The lowest BCUT2D eigenvalue weighted by atomic mass is 9.85. The topological polar surface area (TPSA) is 37.3 Å². The molecule has 3 heteroatoms. The van der Waals surface area contributed by atoms with Crippen LogP contribution < -0.4 is 0 Å². The summed E-state index contributed by atoms with van der Waals surface area (Å²) in [7, 11) is 0. The Morgan fingerprint density at radius 2 is 2.00 bits per heavy atom. The molecular weight excluding hydrogens is 220 g/mol. The molecule has 2 nitrogen and oxygen atoms in total. The summed E-state index contributed by atoms with van der Waals surface area (Å²) in [5.74, 6) is -0.792. The van der Waals surface area contributed by atoms with Gasteiger partial charge in [0.1, 0.15) is 0 Å². The summed E-state index contributed by atoms with van der Waals surface area (Å²) in [4.78, 5) is 12.3. The third-order valence-corrected chi connectivity index (χ3v) is 3.46. The normalized spacial score (nSPS) is 11.8. The van der Waals surface area contributed by atoms with Crippen molar-refractivity contribution >= 4 is 17.7 Å². The first-order chi connectivity index (χ1) is 7.34. The van der Waals surface area contributed by atoms with Crippen LogP contribution in [0.4, 0.5) is 0 Å². The molecule has 88 valence electrons. The summed E-state index contributed by atoms with van der Waals surface area (Å²) in [6, 6.07) is 7.79. The summed E-state index contributed by atoms with van der Waals surface area (Å²) >= 11 is 1.75. The number of hydrogen-bond acceptors (Lipinski definition) is 2. The van der Waals surface area contributed by atoms with Gasteiger partial charge in [-0.2, -0.15) is 0 Å². The minimum atomic E-state index is -0.826. The Labute approximate surface area is 101 Å². The molecule has 1 N–H and O–H groups in total. The molecule has 0 aliphatic carbocycles. The highest BCUT2D eigenvalue weighted by Gasteiger charge is 2.29. The molecule has 0 saturated carbocycles. The SMILES string of the molecule is CC(C)Sc1cccc(C(C)(C)C(=O)O)c1. The van der Waals surface area contributed by atoms with Gasteiger partial charge in [0, 0.05) is 10.1 Å². The minimum Gasteiger partial charge on any atom is -0.481 e. The first-order valence-corrected chi connectivity index (χ1v) is 6.22. The molecule has 16 heavy (non-hydrogen) atoms. The van der Waals surface area contributed by atoms with Gasteiger partial charge in [-0.1, -0.05) is 26.0 Å². The van der Waals surface area contributed by atoms with E-state index in [-0.39, 0.29) is 0 Å². The van der Waals surface area contributed by atoms with Crippen molar-refractivity contribution in [2.75, 3.05) is 0 Å². The number of carboxylic acid groups (broad SMARTS) is 1. The molecule has 0 radical (unpaired) electrons. The Hall–Kier alpha value is -0.960. The number of carboxylic acids is 1. The fourth-order valence-corrected chi connectivity index (χ4v) is 2.25. The first kappa shape index (κ1) is 13.1. The third-order valence-electron chi connectivity index (χ3n) is 2.46. The quantitative estimate of drug-likeness (QED) is 0.815. The van der Waals surface area contributed by atoms with Gasteiger partial charge in [0.15, 0.2) is 0 Å². The fraction of sp³-hybridized carbons (Fsp3) is 0.462. The highest BCUT2D eigenvalue weighted by Crippen LogP contribution is 2.29. The van der Waals surface area contributed by atoms with Crippen LogP contribution in [0.2, 0.25) is 0 Å². The van der Waals surface area contributed by atoms with E-state index in [1.54, 1.807) is 25.6 Å². The van der Waals surface area contributed by atoms with Crippen LogP contribution in [-0.2, 0) is 10.2 Å². The van der Waals surface area contributed by atoms with E-state index in [4.69, 9.17) is 5.11 Å². The second-order valence-corrected chi connectivity index (χ2v) is 6.27. The lowest BCUT2D eigenvalue weighted by Gasteiger charge is -2.20. The van der Waals surface area contributed by atoms with Crippen LogP contribution in [0, 0.1) is 0 Å². The Morgan fingerprint density at radius 1 is 1.38 bits per heavy atom. The zero-order valence-electron chi connectivity index (χ0n) is 10.2. The van der Waals surface area contributed by atoms with E-state index >= 15 is 0 Å². The molecule has 0 aliphatic rings. The van der Waals surface area contributed by atoms with Gasteiger partial charge in [0.2, 0.25) is 0 Å². The standard InChI is InChI=1S/C13H18O2S/c1-9(2)16-11-7-5-6-10(8-11)13(3,4)12(14)15/h5-9H,1-4H3,(H,14,15). The van der Waals surface area contributed by atoms with Gasteiger partial charge in [-0.3, -0.25) is 4.79 Å². The Kier molecular flexibility index (Phi) is 4.03. The maximum Gasteiger partial charge on any atom is 0.313 e. The van der Waals surface area contributed by atoms with Gasteiger partial charge in [0.05, 0.1) is 5.41 Å². The van der Waals surface area contributed by atoms with Crippen molar-refractivity contribution in [1.82, 2.24) is 0 Å². The molecule has 0 fully saturated rings. The largest absolute Gasteiger partial charge is 0.481 e. The number of carbonyl (C=O) groups is 1. The number of aliphatic carboxylic acids is 1. The molecule has 1 aromatic carbocycles. The van der Waals surface area contributed by atoms with E-state index in [1.807, 2.05) is 24.3 Å². The van der Waals surface area contributed by atoms with Gasteiger partial charge in [-0.25, -0.2) is 0 Å². The van der Waals surface area contributed by atoms with Crippen LogP contribution in [0.5, 0.6) is 0 Å². The third kappa shape index (κ3) is 3.01. The van der Waals surface area contributed by atoms with Gasteiger partial charge < -0.3 is 5.11 Å². The number of benzene rings is 1. The second-order valence-electron chi connectivity index (χ2n) is 4.62. The van der Waals surface area contributed by atoms with Crippen molar-refractivity contribution in [1.29, 1.82) is 0 Å². The molecule has 0 atom stereocenters. The van der Waals surface area contributed by atoms with Crippen LogP contribution in [0.25, 0.3) is 0 Å². The average Bonchev–Trinajstić information content (AvgIpc) is 2.16. The number of hydrogen-bond donors (Lipinski definition) is 1. The summed E-state index contributed by atoms with van der Waals surface area (Å²) in [5.41, 5.74) is 0.0266. The lowest BCUT2D eigenvalue weighted by Crippen LogP contribution is -2.28. The van der Waals surface area contributed by atoms with Gasteiger partial charge in [-0.15, -0.1) is 11.8 Å². The van der Waals surface area contributed by atoms with Crippen molar-refractivity contribution in [2.45, 2.75) is 43.3 Å². The van der Waals surface area contributed by atoms with E-state index in [2.05, 4.69) is 13.8 Å². The molecule has 1 rings (SSSR count). The summed E-state index contributed by atoms with van der Waals surface area (Å²) < 4.78 is 0. The van der Waals surface area contributed by atoms with Gasteiger partial charge >= 0.3 is 5.97 Å². The second kappa shape index (κ2) is 4.91.